The van der Waals surface area contributed by atoms with Crippen molar-refractivity contribution in [2.75, 3.05) is 18.4 Å². The number of hydrogen-bond donors (Lipinski definition) is 2. The topological polar surface area (TPSA) is 109 Å². The number of carbonyl (C=O) groups is 2. The maximum Gasteiger partial charge on any atom is 0.243 e. The summed E-state index contributed by atoms with van der Waals surface area (Å²) in [5, 5.41) is 5.59. The SMILES string of the molecule is CC(=O)Nc1ccc(S(=O)(=O)N2CCC(NC(=O)CCc3ccco3)CC2)cc1. The molecule has 2 heterocycles. The van der Waals surface area contributed by atoms with E-state index in [1.54, 1.807) is 24.5 Å². The molecular formula is C20H25N3O5S. The summed E-state index contributed by atoms with van der Waals surface area (Å²) in [6.45, 7) is 2.09. The number of piperidine rings is 1. The molecule has 1 fully saturated rings. The Bertz CT molecular complexity index is 931. The van der Waals surface area contributed by atoms with Gasteiger partial charge < -0.3 is 15.1 Å². The number of furan rings is 1. The predicted molar refractivity (Wildman–Crippen MR) is 108 cm³/mol. The molecule has 1 aromatic heterocycles. The van der Waals surface area contributed by atoms with Crippen molar-refractivity contribution in [3.63, 3.8) is 0 Å². The van der Waals surface area contributed by atoms with Crippen LogP contribution < -0.4 is 10.6 Å². The molecule has 0 saturated carbocycles. The minimum atomic E-state index is -3.60. The number of anilines is 1. The summed E-state index contributed by atoms with van der Waals surface area (Å²) >= 11 is 0. The lowest BCUT2D eigenvalue weighted by Crippen LogP contribution is -2.46. The fraction of sp³-hybridized carbons (Fsp3) is 0.400. The number of benzene rings is 1. The van der Waals surface area contributed by atoms with E-state index in [4.69, 9.17) is 4.42 Å². The van der Waals surface area contributed by atoms with Crippen molar-refractivity contribution in [2.24, 2.45) is 0 Å². The van der Waals surface area contributed by atoms with Crippen molar-refractivity contribution in [2.45, 2.75) is 43.5 Å². The lowest BCUT2D eigenvalue weighted by atomic mass is 10.1. The highest BCUT2D eigenvalue weighted by atomic mass is 32.2. The number of sulfonamides is 1. The molecule has 0 unspecified atom stereocenters. The van der Waals surface area contributed by atoms with Crippen LogP contribution in [0.25, 0.3) is 0 Å². The first-order valence-electron chi connectivity index (χ1n) is 9.54. The number of aryl methyl sites for hydroxylation is 1. The minimum Gasteiger partial charge on any atom is -0.469 e. The Morgan fingerprint density at radius 1 is 1.14 bits per heavy atom. The molecule has 0 radical (unpaired) electrons. The van der Waals surface area contributed by atoms with Gasteiger partial charge in [-0.2, -0.15) is 4.31 Å². The Kier molecular flexibility index (Phi) is 6.71. The van der Waals surface area contributed by atoms with Crippen LogP contribution in [0.5, 0.6) is 0 Å². The molecule has 9 heteroatoms. The minimum absolute atomic E-state index is 0.0345. The Balaban J connectivity index is 1.50. The van der Waals surface area contributed by atoms with Crippen LogP contribution >= 0.6 is 0 Å². The average molecular weight is 420 g/mol. The molecule has 0 spiro atoms. The molecule has 3 rings (SSSR count). The summed E-state index contributed by atoms with van der Waals surface area (Å²) < 4.78 is 32.3. The summed E-state index contributed by atoms with van der Waals surface area (Å²) in [7, 11) is -3.60. The molecule has 1 aliphatic rings. The van der Waals surface area contributed by atoms with Gasteiger partial charge in [-0.25, -0.2) is 8.42 Å². The molecule has 2 N–H and O–H groups in total. The summed E-state index contributed by atoms with van der Waals surface area (Å²) in [6, 6.07) is 9.70. The molecule has 0 bridgehead atoms. The smallest absolute Gasteiger partial charge is 0.243 e. The van der Waals surface area contributed by atoms with E-state index in [1.807, 2.05) is 6.07 Å². The zero-order valence-corrected chi connectivity index (χ0v) is 17.1. The molecule has 2 amide bonds. The lowest BCUT2D eigenvalue weighted by molar-refractivity contribution is -0.122. The molecule has 156 valence electrons. The molecule has 1 aliphatic heterocycles. The normalized spacial score (nSPS) is 15.8. The second-order valence-corrected chi connectivity index (χ2v) is 8.97. The van der Waals surface area contributed by atoms with Crippen molar-refractivity contribution in [1.29, 1.82) is 0 Å². The third-order valence-electron chi connectivity index (χ3n) is 4.81. The van der Waals surface area contributed by atoms with E-state index in [0.29, 0.717) is 44.5 Å². The number of nitrogens with one attached hydrogen (secondary N) is 2. The second-order valence-electron chi connectivity index (χ2n) is 7.03. The predicted octanol–water partition coefficient (Wildman–Crippen LogP) is 2.14. The monoisotopic (exact) mass is 419 g/mol. The van der Waals surface area contributed by atoms with E-state index >= 15 is 0 Å². The van der Waals surface area contributed by atoms with E-state index < -0.39 is 10.0 Å². The number of nitrogens with zero attached hydrogens (tertiary/aromatic N) is 1. The van der Waals surface area contributed by atoms with Crippen LogP contribution in [-0.2, 0) is 26.0 Å². The standard InChI is InChI=1S/C20H25N3O5S/c1-15(24)21-16-4-7-19(8-5-16)29(26,27)23-12-10-17(11-13-23)22-20(25)9-6-18-3-2-14-28-18/h2-5,7-8,14,17H,6,9-13H2,1H3,(H,21,24)(H,22,25). The summed E-state index contributed by atoms with van der Waals surface area (Å²) in [5.74, 6) is 0.496. The van der Waals surface area contributed by atoms with Crippen LogP contribution in [0.1, 0.15) is 31.9 Å². The van der Waals surface area contributed by atoms with Gasteiger partial charge in [0.1, 0.15) is 5.76 Å². The Hall–Kier alpha value is -2.65. The van der Waals surface area contributed by atoms with E-state index in [0.717, 1.165) is 5.76 Å². The van der Waals surface area contributed by atoms with Gasteiger partial charge in [-0.15, -0.1) is 0 Å². The molecular weight excluding hydrogens is 394 g/mol. The Morgan fingerprint density at radius 2 is 1.83 bits per heavy atom. The molecule has 1 aromatic carbocycles. The lowest BCUT2D eigenvalue weighted by Gasteiger charge is -2.31. The van der Waals surface area contributed by atoms with E-state index in [1.165, 1.54) is 23.4 Å². The van der Waals surface area contributed by atoms with Gasteiger partial charge in [0.2, 0.25) is 21.8 Å². The fourth-order valence-corrected chi connectivity index (χ4v) is 4.76. The van der Waals surface area contributed by atoms with Crippen molar-refractivity contribution in [1.82, 2.24) is 9.62 Å². The maximum absolute atomic E-state index is 12.8. The molecule has 8 nitrogen and oxygen atoms in total. The van der Waals surface area contributed by atoms with Gasteiger partial charge in [0.05, 0.1) is 11.2 Å². The van der Waals surface area contributed by atoms with Gasteiger partial charge in [-0.05, 0) is 49.2 Å². The highest BCUT2D eigenvalue weighted by Crippen LogP contribution is 2.22. The van der Waals surface area contributed by atoms with E-state index in [2.05, 4.69) is 10.6 Å². The number of amides is 2. The zero-order valence-electron chi connectivity index (χ0n) is 16.3. The quantitative estimate of drug-likeness (QED) is 0.715. The molecule has 2 aromatic rings. The van der Waals surface area contributed by atoms with Crippen molar-refractivity contribution >= 4 is 27.5 Å². The third-order valence-corrected chi connectivity index (χ3v) is 6.72. The summed E-state index contributed by atoms with van der Waals surface area (Å²) in [4.78, 5) is 23.4. The van der Waals surface area contributed by atoms with Crippen molar-refractivity contribution in [3.05, 3.63) is 48.4 Å². The van der Waals surface area contributed by atoms with Gasteiger partial charge >= 0.3 is 0 Å². The highest BCUT2D eigenvalue weighted by Gasteiger charge is 2.29. The summed E-state index contributed by atoms with van der Waals surface area (Å²) in [6.07, 6.45) is 3.59. The van der Waals surface area contributed by atoms with E-state index in [-0.39, 0.29) is 22.8 Å². The van der Waals surface area contributed by atoms with E-state index in [9.17, 15) is 18.0 Å². The molecule has 1 saturated heterocycles. The van der Waals surface area contributed by atoms with Crippen LogP contribution in [0.3, 0.4) is 0 Å². The Labute approximate surface area is 170 Å². The van der Waals surface area contributed by atoms with Crippen LogP contribution in [0.15, 0.2) is 52.0 Å². The summed E-state index contributed by atoms with van der Waals surface area (Å²) in [5.41, 5.74) is 0.549. The first kappa shape index (κ1) is 21.1. The van der Waals surface area contributed by atoms with Crippen LogP contribution in [0, 0.1) is 0 Å². The first-order chi connectivity index (χ1) is 13.8. The molecule has 29 heavy (non-hydrogen) atoms. The van der Waals surface area contributed by atoms with Gasteiger partial charge in [0, 0.05) is 44.6 Å². The second kappa shape index (κ2) is 9.23. The number of hydrogen-bond acceptors (Lipinski definition) is 5. The highest BCUT2D eigenvalue weighted by molar-refractivity contribution is 7.89. The fourth-order valence-electron chi connectivity index (χ4n) is 3.29. The van der Waals surface area contributed by atoms with Gasteiger partial charge in [0.25, 0.3) is 0 Å². The number of rotatable bonds is 7. The van der Waals surface area contributed by atoms with Gasteiger partial charge in [-0.1, -0.05) is 0 Å². The number of carbonyl (C=O) groups excluding carboxylic acids is 2. The van der Waals surface area contributed by atoms with Crippen molar-refractivity contribution < 1.29 is 22.4 Å². The third kappa shape index (κ3) is 5.68. The van der Waals surface area contributed by atoms with Gasteiger partial charge in [0.15, 0.2) is 0 Å². The van der Waals surface area contributed by atoms with Crippen LogP contribution in [-0.4, -0.2) is 43.7 Å². The maximum atomic E-state index is 12.8. The molecule has 0 aliphatic carbocycles. The van der Waals surface area contributed by atoms with Gasteiger partial charge in [-0.3, -0.25) is 9.59 Å². The largest absolute Gasteiger partial charge is 0.469 e. The van der Waals surface area contributed by atoms with Crippen LogP contribution in [0.2, 0.25) is 0 Å². The van der Waals surface area contributed by atoms with Crippen molar-refractivity contribution in [3.8, 4) is 0 Å². The average Bonchev–Trinajstić information content (AvgIpc) is 3.20. The zero-order chi connectivity index (χ0) is 20.9. The van der Waals surface area contributed by atoms with Crippen LogP contribution in [0.4, 0.5) is 5.69 Å². The Morgan fingerprint density at radius 3 is 2.41 bits per heavy atom. The first-order valence-corrected chi connectivity index (χ1v) is 11.0. The molecule has 0 atom stereocenters.